The van der Waals surface area contributed by atoms with Gasteiger partial charge in [-0.05, 0) is 42.3 Å². The molecule has 3 aromatic carbocycles. The van der Waals surface area contributed by atoms with Gasteiger partial charge in [0.2, 0.25) is 10.0 Å². The van der Waals surface area contributed by atoms with Crippen LogP contribution in [0.3, 0.4) is 0 Å². The second kappa shape index (κ2) is 11.7. The molecule has 0 aromatic heterocycles. The molecule has 34 heavy (non-hydrogen) atoms. The van der Waals surface area contributed by atoms with Crippen LogP contribution in [0.25, 0.3) is 0 Å². The van der Waals surface area contributed by atoms with Crippen LogP contribution in [0.2, 0.25) is 0 Å². The lowest BCUT2D eigenvalue weighted by Crippen LogP contribution is -2.30. The molecular formula is C26H30N2O5S. The van der Waals surface area contributed by atoms with Crippen molar-refractivity contribution in [2.24, 2.45) is 0 Å². The first-order valence-electron chi connectivity index (χ1n) is 10.9. The van der Waals surface area contributed by atoms with Crippen LogP contribution in [-0.4, -0.2) is 57.9 Å². The minimum absolute atomic E-state index is 0.0416. The van der Waals surface area contributed by atoms with E-state index >= 15 is 0 Å². The number of methoxy groups -OCH3 is 1. The number of ether oxygens (including phenoxy) is 2. The molecular weight excluding hydrogens is 452 g/mol. The van der Waals surface area contributed by atoms with Gasteiger partial charge in [-0.1, -0.05) is 48.5 Å². The molecule has 3 rings (SSSR count). The van der Waals surface area contributed by atoms with E-state index in [-0.39, 0.29) is 28.7 Å². The lowest BCUT2D eigenvalue weighted by atomic mass is 10.2. The largest absolute Gasteiger partial charge is 0.495 e. The maximum atomic E-state index is 13.3. The van der Waals surface area contributed by atoms with Crippen molar-refractivity contribution in [1.29, 1.82) is 0 Å². The summed E-state index contributed by atoms with van der Waals surface area (Å²) in [6.45, 7) is 1.13. The molecule has 180 valence electrons. The van der Waals surface area contributed by atoms with Crippen LogP contribution in [-0.2, 0) is 16.6 Å². The lowest BCUT2D eigenvalue weighted by Gasteiger charge is -2.21. The Bertz CT molecular complexity index is 1180. The molecule has 1 amide bonds. The van der Waals surface area contributed by atoms with E-state index in [1.165, 1.54) is 30.6 Å². The van der Waals surface area contributed by atoms with Crippen molar-refractivity contribution < 1.29 is 22.7 Å². The second-order valence-corrected chi connectivity index (χ2v) is 9.87. The molecule has 0 N–H and O–H groups in total. The molecule has 0 aliphatic rings. The van der Waals surface area contributed by atoms with Crippen molar-refractivity contribution in [2.75, 3.05) is 34.4 Å². The molecule has 0 atom stereocenters. The zero-order valence-electron chi connectivity index (χ0n) is 19.7. The highest BCUT2D eigenvalue weighted by Crippen LogP contribution is 2.28. The topological polar surface area (TPSA) is 76.1 Å². The molecule has 3 aromatic rings. The highest BCUT2D eigenvalue weighted by Gasteiger charge is 2.27. The first kappa shape index (κ1) is 25.3. The molecule has 0 radical (unpaired) electrons. The predicted molar refractivity (Wildman–Crippen MR) is 132 cm³/mol. The molecule has 0 saturated heterocycles. The Kier molecular flexibility index (Phi) is 8.67. The van der Waals surface area contributed by atoms with Crippen LogP contribution < -0.4 is 9.47 Å². The van der Waals surface area contributed by atoms with E-state index in [1.807, 2.05) is 60.7 Å². The summed E-state index contributed by atoms with van der Waals surface area (Å²) in [4.78, 5) is 14.5. The Labute approximate surface area is 201 Å². The summed E-state index contributed by atoms with van der Waals surface area (Å²) in [5.74, 6) is 0.695. The molecule has 0 fully saturated rings. The number of amides is 1. The van der Waals surface area contributed by atoms with Gasteiger partial charge in [0, 0.05) is 32.7 Å². The van der Waals surface area contributed by atoms with Gasteiger partial charge >= 0.3 is 0 Å². The third-order valence-corrected chi connectivity index (χ3v) is 7.17. The number of benzene rings is 3. The summed E-state index contributed by atoms with van der Waals surface area (Å²) in [5, 5.41) is 0. The average Bonchev–Trinajstić information content (AvgIpc) is 2.86. The summed E-state index contributed by atoms with van der Waals surface area (Å²) >= 11 is 0. The normalized spacial score (nSPS) is 11.3. The van der Waals surface area contributed by atoms with Gasteiger partial charge in [-0.15, -0.1) is 0 Å². The van der Waals surface area contributed by atoms with Gasteiger partial charge < -0.3 is 14.4 Å². The van der Waals surface area contributed by atoms with Crippen molar-refractivity contribution in [3.8, 4) is 11.5 Å². The van der Waals surface area contributed by atoms with Crippen LogP contribution in [0.5, 0.6) is 11.5 Å². The van der Waals surface area contributed by atoms with E-state index in [2.05, 4.69) is 0 Å². The first-order valence-corrected chi connectivity index (χ1v) is 12.4. The summed E-state index contributed by atoms with van der Waals surface area (Å²) in [7, 11) is 0.707. The van der Waals surface area contributed by atoms with Gasteiger partial charge in [0.05, 0.1) is 13.7 Å². The number of rotatable bonds is 11. The standard InChI is InChI=1S/C26H30N2O5S/c1-27(17-10-18-33-23-13-8-5-9-14-23)26(29)22-15-16-24(32-3)25(19-22)34(30,31)28(2)20-21-11-6-4-7-12-21/h4-9,11-16,19H,10,17-18,20H2,1-3H3. The van der Waals surface area contributed by atoms with Crippen LogP contribution in [0.15, 0.2) is 83.8 Å². The molecule has 0 aliphatic carbocycles. The monoisotopic (exact) mass is 482 g/mol. The third-order valence-electron chi connectivity index (χ3n) is 5.34. The van der Waals surface area contributed by atoms with E-state index in [1.54, 1.807) is 18.0 Å². The fourth-order valence-electron chi connectivity index (χ4n) is 3.44. The van der Waals surface area contributed by atoms with Crippen molar-refractivity contribution in [3.63, 3.8) is 0 Å². The molecule has 0 unspecified atom stereocenters. The lowest BCUT2D eigenvalue weighted by molar-refractivity contribution is 0.0787. The van der Waals surface area contributed by atoms with Gasteiger partial charge in [0.25, 0.3) is 5.91 Å². The number of carbonyl (C=O) groups is 1. The number of para-hydroxylation sites is 1. The Morgan fingerprint density at radius 2 is 1.56 bits per heavy atom. The Morgan fingerprint density at radius 3 is 2.21 bits per heavy atom. The fraction of sp³-hybridized carbons (Fsp3) is 0.269. The third kappa shape index (κ3) is 6.36. The highest BCUT2D eigenvalue weighted by atomic mass is 32.2. The molecule has 0 heterocycles. The van der Waals surface area contributed by atoms with Crippen molar-refractivity contribution in [2.45, 2.75) is 17.9 Å². The smallest absolute Gasteiger partial charge is 0.253 e. The van der Waals surface area contributed by atoms with E-state index in [4.69, 9.17) is 9.47 Å². The SMILES string of the molecule is COc1ccc(C(=O)N(C)CCCOc2ccccc2)cc1S(=O)(=O)N(C)Cc1ccccc1. The van der Waals surface area contributed by atoms with Crippen LogP contribution in [0.1, 0.15) is 22.3 Å². The summed E-state index contributed by atoms with van der Waals surface area (Å²) in [6, 6.07) is 23.3. The summed E-state index contributed by atoms with van der Waals surface area (Å²) in [5.41, 5.74) is 1.14. The number of nitrogens with zero attached hydrogens (tertiary/aromatic N) is 2. The van der Waals surface area contributed by atoms with Gasteiger partial charge in [-0.25, -0.2) is 8.42 Å². The quantitative estimate of drug-likeness (QED) is 0.385. The Hall–Kier alpha value is -3.36. The second-order valence-electron chi connectivity index (χ2n) is 7.85. The van der Waals surface area contributed by atoms with Crippen LogP contribution in [0, 0.1) is 0 Å². The van der Waals surface area contributed by atoms with E-state index in [9.17, 15) is 13.2 Å². The van der Waals surface area contributed by atoms with Gasteiger partial charge in [-0.3, -0.25) is 4.79 Å². The van der Waals surface area contributed by atoms with Gasteiger partial charge in [-0.2, -0.15) is 4.31 Å². The van der Waals surface area contributed by atoms with E-state index in [0.29, 0.717) is 19.6 Å². The molecule has 0 spiro atoms. The molecule has 8 heteroatoms. The zero-order valence-corrected chi connectivity index (χ0v) is 20.5. The molecule has 0 saturated carbocycles. The maximum Gasteiger partial charge on any atom is 0.253 e. The molecule has 0 bridgehead atoms. The summed E-state index contributed by atoms with van der Waals surface area (Å²) < 4.78 is 38.8. The van der Waals surface area contributed by atoms with Crippen molar-refractivity contribution in [1.82, 2.24) is 9.21 Å². The Balaban J connectivity index is 1.69. The number of sulfonamides is 1. The number of hydrogen-bond acceptors (Lipinski definition) is 5. The zero-order chi connectivity index (χ0) is 24.6. The molecule has 7 nitrogen and oxygen atoms in total. The van der Waals surface area contributed by atoms with Crippen LogP contribution in [0.4, 0.5) is 0 Å². The highest BCUT2D eigenvalue weighted by molar-refractivity contribution is 7.89. The van der Waals surface area contributed by atoms with E-state index in [0.717, 1.165) is 11.3 Å². The predicted octanol–water partition coefficient (Wildman–Crippen LogP) is 4.06. The summed E-state index contributed by atoms with van der Waals surface area (Å²) in [6.07, 6.45) is 0.637. The van der Waals surface area contributed by atoms with Gasteiger partial charge in [0.15, 0.2) is 0 Å². The fourth-order valence-corrected chi connectivity index (χ4v) is 4.77. The number of carbonyl (C=O) groups excluding carboxylic acids is 1. The maximum absolute atomic E-state index is 13.3. The first-order chi connectivity index (χ1) is 16.3. The molecule has 0 aliphatic heterocycles. The van der Waals surface area contributed by atoms with E-state index < -0.39 is 10.0 Å². The van der Waals surface area contributed by atoms with Crippen LogP contribution >= 0.6 is 0 Å². The minimum Gasteiger partial charge on any atom is -0.495 e. The van der Waals surface area contributed by atoms with Crippen molar-refractivity contribution >= 4 is 15.9 Å². The number of hydrogen-bond donors (Lipinski definition) is 0. The van der Waals surface area contributed by atoms with Gasteiger partial charge in [0.1, 0.15) is 16.4 Å². The van der Waals surface area contributed by atoms with Crippen molar-refractivity contribution in [3.05, 3.63) is 90.0 Å². The minimum atomic E-state index is -3.90. The average molecular weight is 483 g/mol. The Morgan fingerprint density at radius 1 is 0.912 bits per heavy atom.